The van der Waals surface area contributed by atoms with E-state index in [0.717, 1.165) is 0 Å². The number of rotatable bonds is 4. The molecule has 0 heterocycles. The summed E-state index contributed by atoms with van der Waals surface area (Å²) in [6.45, 7) is 9.10. The minimum Gasteiger partial charge on any atom is -1.00 e. The van der Waals surface area contributed by atoms with Gasteiger partial charge in [-0.05, 0) is 0 Å². The summed E-state index contributed by atoms with van der Waals surface area (Å²) in [6, 6.07) is 0. The van der Waals surface area contributed by atoms with Crippen molar-refractivity contribution in [3.8, 4) is 0 Å². The van der Waals surface area contributed by atoms with Gasteiger partial charge in [-0.2, -0.15) is 0 Å². The normalized spacial score (nSPS) is 17.1. The largest absolute Gasteiger partial charge is 1.00 e. The average Bonchev–Trinajstić information content (AvgIpc) is 2.91. The van der Waals surface area contributed by atoms with Crippen LogP contribution >= 0.6 is 0 Å². The Kier molecular flexibility index (Phi) is 8.59. The second kappa shape index (κ2) is 8.54. The Hall–Kier alpha value is 0.124. The molecule has 2 aliphatic carbocycles. The molecule has 0 aromatic heterocycles. The summed E-state index contributed by atoms with van der Waals surface area (Å²) in [5.41, 5.74) is 6.27. The van der Waals surface area contributed by atoms with Crippen LogP contribution in [0.3, 0.4) is 0 Å². The summed E-state index contributed by atoms with van der Waals surface area (Å²) in [7, 11) is 0. The predicted molar refractivity (Wildman–Crippen MR) is 78.5 cm³/mol. The first-order valence-electron chi connectivity index (χ1n) is 7.04. The van der Waals surface area contributed by atoms with E-state index in [9.17, 15) is 0 Å². The van der Waals surface area contributed by atoms with Crippen LogP contribution < -0.4 is 24.8 Å². The molecule has 3 heteroatoms. The first-order chi connectivity index (χ1) is 8.56. The summed E-state index contributed by atoms with van der Waals surface area (Å²) in [6.07, 6.45) is 9.66. The van der Waals surface area contributed by atoms with Crippen molar-refractivity contribution in [2.45, 2.75) is 53.4 Å². The summed E-state index contributed by atoms with van der Waals surface area (Å²) >= 11 is -1.42. The van der Waals surface area contributed by atoms with Gasteiger partial charge in [0.2, 0.25) is 0 Å². The molecule has 0 saturated heterocycles. The number of allylic oxidation sites excluding steroid dienone is 8. The first-order valence-corrected chi connectivity index (χ1v) is 9.71. The van der Waals surface area contributed by atoms with Crippen LogP contribution in [0.25, 0.3) is 0 Å². The fourth-order valence-corrected chi connectivity index (χ4v) is 6.60. The molecule has 0 fully saturated rings. The second-order valence-electron chi connectivity index (χ2n) is 5.47. The maximum Gasteiger partial charge on any atom is -1.00 e. The van der Waals surface area contributed by atoms with Crippen molar-refractivity contribution in [3.05, 3.63) is 42.2 Å². The Morgan fingerprint density at radius 1 is 0.900 bits per heavy atom. The minimum atomic E-state index is -1.42. The van der Waals surface area contributed by atoms with E-state index in [2.05, 4.69) is 44.7 Å². The van der Waals surface area contributed by atoms with Gasteiger partial charge >= 0.3 is 118 Å². The maximum atomic E-state index is 4.62. The van der Waals surface area contributed by atoms with Crippen molar-refractivity contribution in [3.63, 3.8) is 0 Å². The molecule has 0 aromatic carbocycles. The molecule has 0 radical (unpaired) electrons. The Bertz CT molecular complexity index is 473. The Morgan fingerprint density at radius 2 is 1.25 bits per heavy atom. The molecule has 0 N–H and O–H groups in total. The van der Waals surface area contributed by atoms with E-state index in [4.69, 9.17) is 0 Å². The SMILES string of the molecule is [CH2]=[Ti+2]([C]1=C(C)C=C(CC)C1)[C]1=C(C)C=C(CC)C1.[Cl-].[Cl-]. The van der Waals surface area contributed by atoms with Crippen LogP contribution in [0.2, 0.25) is 0 Å². The molecule has 0 amide bonds. The molecule has 0 aliphatic heterocycles. The molecule has 2 aliphatic rings. The van der Waals surface area contributed by atoms with Crippen LogP contribution in [-0.2, 0) is 17.4 Å². The van der Waals surface area contributed by atoms with Gasteiger partial charge in [0.25, 0.3) is 0 Å². The van der Waals surface area contributed by atoms with Crippen molar-refractivity contribution in [1.29, 1.82) is 0 Å². The third kappa shape index (κ3) is 4.07. The second-order valence-corrected chi connectivity index (χ2v) is 8.85. The van der Waals surface area contributed by atoms with E-state index in [1.807, 2.05) is 0 Å². The van der Waals surface area contributed by atoms with Crippen LogP contribution in [-0.4, -0.2) is 4.82 Å². The van der Waals surface area contributed by atoms with E-state index < -0.39 is 17.4 Å². The maximum absolute atomic E-state index is 4.62. The fourth-order valence-electron chi connectivity index (χ4n) is 2.95. The molecule has 110 valence electrons. The van der Waals surface area contributed by atoms with Crippen molar-refractivity contribution in [2.24, 2.45) is 0 Å². The Balaban J connectivity index is 0.00000180. The summed E-state index contributed by atoms with van der Waals surface area (Å²) < 4.78 is 3.43. The molecule has 0 spiro atoms. The van der Waals surface area contributed by atoms with Crippen LogP contribution in [0.1, 0.15) is 53.4 Å². The summed E-state index contributed by atoms with van der Waals surface area (Å²) in [5, 5.41) is 0. The van der Waals surface area contributed by atoms with E-state index in [1.54, 1.807) is 18.9 Å². The van der Waals surface area contributed by atoms with E-state index in [-0.39, 0.29) is 24.8 Å². The van der Waals surface area contributed by atoms with Gasteiger partial charge in [-0.15, -0.1) is 0 Å². The Labute approximate surface area is 142 Å². The third-order valence-electron chi connectivity index (χ3n) is 4.24. The van der Waals surface area contributed by atoms with Crippen LogP contribution in [0.5, 0.6) is 0 Å². The van der Waals surface area contributed by atoms with Gasteiger partial charge in [-0.1, -0.05) is 0 Å². The van der Waals surface area contributed by atoms with Crippen LogP contribution in [0.15, 0.2) is 42.2 Å². The van der Waals surface area contributed by atoms with Crippen molar-refractivity contribution >= 4 is 4.82 Å². The topological polar surface area (TPSA) is 0 Å². The minimum absolute atomic E-state index is 0. The molecule has 0 saturated carbocycles. The zero-order valence-corrected chi connectivity index (χ0v) is 16.0. The van der Waals surface area contributed by atoms with Gasteiger partial charge in [0, 0.05) is 0 Å². The van der Waals surface area contributed by atoms with Crippen LogP contribution in [0, 0.1) is 0 Å². The first kappa shape index (κ1) is 20.1. The molecular weight excluding hydrogens is 323 g/mol. The van der Waals surface area contributed by atoms with Crippen molar-refractivity contribution in [1.82, 2.24) is 0 Å². The number of hydrogen-bond acceptors (Lipinski definition) is 0. The molecular formula is C17H24Cl2Ti. The van der Waals surface area contributed by atoms with Gasteiger partial charge in [0.1, 0.15) is 0 Å². The van der Waals surface area contributed by atoms with Gasteiger partial charge in [0.05, 0.1) is 0 Å². The van der Waals surface area contributed by atoms with Gasteiger partial charge in [-0.25, -0.2) is 0 Å². The van der Waals surface area contributed by atoms with Gasteiger partial charge in [-0.3, -0.25) is 0 Å². The molecule has 0 atom stereocenters. The molecule has 20 heavy (non-hydrogen) atoms. The molecule has 0 aromatic rings. The van der Waals surface area contributed by atoms with Gasteiger partial charge in [0.15, 0.2) is 0 Å². The third-order valence-corrected chi connectivity index (χ3v) is 8.30. The number of halogens is 2. The molecule has 2 rings (SSSR count). The number of hydrogen-bond donors (Lipinski definition) is 0. The monoisotopic (exact) mass is 346 g/mol. The van der Waals surface area contributed by atoms with Crippen LogP contribution in [0.4, 0.5) is 0 Å². The van der Waals surface area contributed by atoms with E-state index >= 15 is 0 Å². The van der Waals surface area contributed by atoms with Crippen molar-refractivity contribution < 1.29 is 42.2 Å². The predicted octanol–water partition coefficient (Wildman–Crippen LogP) is -0.927. The van der Waals surface area contributed by atoms with Crippen molar-refractivity contribution in [2.75, 3.05) is 0 Å². The fraction of sp³-hybridized carbons (Fsp3) is 0.471. The van der Waals surface area contributed by atoms with E-state index in [0.29, 0.717) is 0 Å². The Morgan fingerprint density at radius 3 is 1.50 bits per heavy atom. The zero-order chi connectivity index (χ0) is 13.3. The molecule has 0 bridgehead atoms. The zero-order valence-electron chi connectivity index (χ0n) is 12.9. The summed E-state index contributed by atoms with van der Waals surface area (Å²) in [4.78, 5) is 4.62. The summed E-state index contributed by atoms with van der Waals surface area (Å²) in [5.74, 6) is 0. The standard InChI is InChI=1S/2C8H11.CH2.2ClH.Ti/c2*1-3-8-5-4-7(2)6-8;;;;/h2*6H,3,5H2,1-2H3;1H2;2*1H;/q;;;;;+2/p-2. The molecule has 0 nitrogen and oxygen atoms in total. The smallest absolute Gasteiger partial charge is 1.00 e. The van der Waals surface area contributed by atoms with Gasteiger partial charge < -0.3 is 24.8 Å². The van der Waals surface area contributed by atoms with E-state index in [1.165, 1.54) is 36.8 Å². The quantitative estimate of drug-likeness (QED) is 0.577. The average molecular weight is 347 g/mol. The molecule has 0 unspecified atom stereocenters.